The first-order chi connectivity index (χ1) is 12.3. The van der Waals surface area contributed by atoms with Crippen LogP contribution < -0.4 is 14.8 Å². The molecule has 0 radical (unpaired) electrons. The van der Waals surface area contributed by atoms with Crippen molar-refractivity contribution in [2.75, 3.05) is 6.61 Å². The second-order valence-electron chi connectivity index (χ2n) is 6.06. The fraction of sp³-hybridized carbons (Fsp3) is 0.300. The summed E-state index contributed by atoms with van der Waals surface area (Å²) in [6.45, 7) is 5.14. The molecule has 0 unspecified atom stereocenters. The molecule has 0 saturated carbocycles. The summed E-state index contributed by atoms with van der Waals surface area (Å²) in [4.78, 5) is 22.8. The Kier molecular flexibility index (Phi) is 6.60. The highest BCUT2D eigenvalue weighted by Crippen LogP contribution is 2.19. The zero-order chi connectivity index (χ0) is 19.1. The van der Waals surface area contributed by atoms with Gasteiger partial charge in [0.15, 0.2) is 12.7 Å². The summed E-state index contributed by atoms with van der Waals surface area (Å²) in [6, 6.07) is 14.2. The Balaban J connectivity index is 1.90. The van der Waals surface area contributed by atoms with Gasteiger partial charge in [0.2, 0.25) is 0 Å². The van der Waals surface area contributed by atoms with Crippen LogP contribution in [0.25, 0.3) is 0 Å². The molecular weight excluding hydrogens is 334 g/mol. The van der Waals surface area contributed by atoms with Gasteiger partial charge in [-0.05, 0) is 56.2 Å². The zero-order valence-electron chi connectivity index (χ0n) is 15.1. The van der Waals surface area contributed by atoms with Crippen LogP contribution in [0.1, 0.15) is 31.0 Å². The van der Waals surface area contributed by atoms with Crippen LogP contribution in [0.5, 0.6) is 11.5 Å². The summed E-state index contributed by atoms with van der Waals surface area (Å²) in [5.74, 6) is -0.131. The molecular formula is C20H23NO5. The number of carboxylic acids is 1. The lowest BCUT2D eigenvalue weighted by Crippen LogP contribution is -2.37. The Bertz CT molecular complexity index is 757. The van der Waals surface area contributed by atoms with E-state index in [-0.39, 0.29) is 18.6 Å². The van der Waals surface area contributed by atoms with Gasteiger partial charge >= 0.3 is 5.97 Å². The maximum atomic E-state index is 12.3. The van der Waals surface area contributed by atoms with Gasteiger partial charge in [-0.15, -0.1) is 0 Å². The van der Waals surface area contributed by atoms with E-state index in [2.05, 4.69) is 5.32 Å². The second kappa shape index (κ2) is 8.89. The molecule has 2 rings (SSSR count). The number of benzene rings is 2. The average molecular weight is 357 g/mol. The number of carbonyl (C=O) groups is 2. The highest BCUT2D eigenvalue weighted by atomic mass is 16.5. The first kappa shape index (κ1) is 19.3. The van der Waals surface area contributed by atoms with Crippen molar-refractivity contribution < 1.29 is 24.2 Å². The van der Waals surface area contributed by atoms with Gasteiger partial charge in [0.25, 0.3) is 5.91 Å². The molecule has 2 aromatic carbocycles. The van der Waals surface area contributed by atoms with E-state index in [9.17, 15) is 9.59 Å². The maximum absolute atomic E-state index is 12.3. The molecule has 0 heterocycles. The van der Waals surface area contributed by atoms with E-state index >= 15 is 0 Å². The average Bonchev–Trinajstić information content (AvgIpc) is 2.60. The van der Waals surface area contributed by atoms with Gasteiger partial charge in [-0.3, -0.25) is 4.79 Å². The van der Waals surface area contributed by atoms with Gasteiger partial charge in [0.1, 0.15) is 11.5 Å². The lowest BCUT2D eigenvalue weighted by atomic mass is 10.1. The fourth-order valence-corrected chi connectivity index (χ4v) is 2.36. The molecule has 0 bridgehead atoms. The minimum Gasteiger partial charge on any atom is -0.482 e. The van der Waals surface area contributed by atoms with E-state index < -0.39 is 12.1 Å². The van der Waals surface area contributed by atoms with Crippen molar-refractivity contribution in [3.63, 3.8) is 0 Å². The number of rotatable bonds is 8. The number of carbonyl (C=O) groups excluding carboxylic acids is 1. The monoisotopic (exact) mass is 357 g/mol. The Morgan fingerprint density at radius 2 is 1.77 bits per heavy atom. The molecule has 138 valence electrons. The zero-order valence-corrected chi connectivity index (χ0v) is 15.1. The summed E-state index contributed by atoms with van der Waals surface area (Å²) in [6.07, 6.45) is -0.627. The largest absolute Gasteiger partial charge is 0.482 e. The van der Waals surface area contributed by atoms with Crippen LogP contribution in [0.4, 0.5) is 0 Å². The number of aryl methyl sites for hydroxylation is 1. The van der Waals surface area contributed by atoms with E-state index in [1.165, 1.54) is 0 Å². The van der Waals surface area contributed by atoms with Crippen LogP contribution in [-0.4, -0.2) is 29.7 Å². The minimum atomic E-state index is -1.03. The SMILES string of the molecule is Cc1cccc(O[C@H](C)C(=O)N[C@@H](C)c2ccc(OCC(=O)O)cc2)c1. The van der Waals surface area contributed by atoms with Gasteiger partial charge in [0.05, 0.1) is 6.04 Å². The lowest BCUT2D eigenvalue weighted by molar-refractivity contribution is -0.139. The minimum absolute atomic E-state index is 0.217. The van der Waals surface area contributed by atoms with Crippen LogP contribution in [0, 0.1) is 6.92 Å². The summed E-state index contributed by atoms with van der Waals surface area (Å²) in [5.41, 5.74) is 1.94. The molecule has 2 aromatic rings. The molecule has 0 saturated heterocycles. The van der Waals surface area contributed by atoms with Gasteiger partial charge in [-0.1, -0.05) is 24.3 Å². The Morgan fingerprint density at radius 3 is 2.38 bits per heavy atom. The molecule has 6 heteroatoms. The normalized spacial score (nSPS) is 12.7. The van der Waals surface area contributed by atoms with Crippen molar-refractivity contribution in [3.05, 3.63) is 59.7 Å². The molecule has 0 aliphatic rings. The van der Waals surface area contributed by atoms with Crippen LogP contribution in [-0.2, 0) is 9.59 Å². The van der Waals surface area contributed by atoms with Crippen molar-refractivity contribution in [1.82, 2.24) is 5.32 Å². The number of amides is 1. The smallest absolute Gasteiger partial charge is 0.341 e. The summed E-state index contributed by atoms with van der Waals surface area (Å²) in [7, 11) is 0. The van der Waals surface area contributed by atoms with Crippen molar-refractivity contribution in [2.45, 2.75) is 32.9 Å². The van der Waals surface area contributed by atoms with Crippen LogP contribution in [0.15, 0.2) is 48.5 Å². The van der Waals surface area contributed by atoms with Crippen molar-refractivity contribution >= 4 is 11.9 Å². The fourth-order valence-electron chi connectivity index (χ4n) is 2.36. The van der Waals surface area contributed by atoms with E-state index in [0.29, 0.717) is 11.5 Å². The van der Waals surface area contributed by atoms with Gasteiger partial charge < -0.3 is 19.9 Å². The number of ether oxygens (including phenoxy) is 2. The van der Waals surface area contributed by atoms with Gasteiger partial charge in [-0.2, -0.15) is 0 Å². The number of aliphatic carboxylic acids is 1. The molecule has 0 aliphatic carbocycles. The van der Waals surface area contributed by atoms with Gasteiger partial charge in [0, 0.05) is 0 Å². The number of nitrogens with one attached hydrogen (secondary N) is 1. The summed E-state index contributed by atoms with van der Waals surface area (Å²) >= 11 is 0. The van der Waals surface area contributed by atoms with E-state index in [1.54, 1.807) is 31.2 Å². The quantitative estimate of drug-likeness (QED) is 0.758. The maximum Gasteiger partial charge on any atom is 0.341 e. The molecule has 2 N–H and O–H groups in total. The second-order valence-corrected chi connectivity index (χ2v) is 6.06. The molecule has 0 fully saturated rings. The molecule has 0 aromatic heterocycles. The highest BCUT2D eigenvalue weighted by Gasteiger charge is 2.18. The third-order valence-corrected chi connectivity index (χ3v) is 3.77. The Labute approximate surface area is 152 Å². The number of carboxylic acid groups (broad SMARTS) is 1. The third kappa shape index (κ3) is 5.81. The van der Waals surface area contributed by atoms with Crippen molar-refractivity contribution in [1.29, 1.82) is 0 Å². The number of hydrogen-bond donors (Lipinski definition) is 2. The summed E-state index contributed by atoms with van der Waals surface area (Å²) < 4.78 is 10.8. The molecule has 1 amide bonds. The highest BCUT2D eigenvalue weighted by molar-refractivity contribution is 5.81. The third-order valence-electron chi connectivity index (χ3n) is 3.77. The predicted molar refractivity (Wildman–Crippen MR) is 97.4 cm³/mol. The standard InChI is InChI=1S/C20H23NO5/c1-13-5-4-6-18(11-13)26-15(3)20(24)21-14(2)16-7-9-17(10-8-16)25-12-19(22)23/h4-11,14-15H,12H2,1-3H3,(H,21,24)(H,22,23)/t14-,15+/m0/s1. The Hall–Kier alpha value is -3.02. The van der Waals surface area contributed by atoms with E-state index in [0.717, 1.165) is 11.1 Å². The van der Waals surface area contributed by atoms with Crippen molar-refractivity contribution in [3.8, 4) is 11.5 Å². The first-order valence-corrected chi connectivity index (χ1v) is 8.33. The van der Waals surface area contributed by atoms with Crippen molar-refractivity contribution in [2.24, 2.45) is 0 Å². The van der Waals surface area contributed by atoms with Crippen LogP contribution in [0.3, 0.4) is 0 Å². The van der Waals surface area contributed by atoms with E-state index in [1.807, 2.05) is 38.1 Å². The predicted octanol–water partition coefficient (Wildman–Crippen LogP) is 3.10. The van der Waals surface area contributed by atoms with Crippen LogP contribution >= 0.6 is 0 Å². The van der Waals surface area contributed by atoms with E-state index in [4.69, 9.17) is 14.6 Å². The topological polar surface area (TPSA) is 84.9 Å². The molecule has 6 nitrogen and oxygen atoms in total. The molecule has 0 aliphatic heterocycles. The molecule has 0 spiro atoms. The molecule has 26 heavy (non-hydrogen) atoms. The van der Waals surface area contributed by atoms with Gasteiger partial charge in [-0.25, -0.2) is 4.79 Å². The van der Waals surface area contributed by atoms with Crippen LogP contribution in [0.2, 0.25) is 0 Å². The Morgan fingerprint density at radius 1 is 1.08 bits per heavy atom. The summed E-state index contributed by atoms with van der Waals surface area (Å²) in [5, 5.41) is 11.5. The lowest BCUT2D eigenvalue weighted by Gasteiger charge is -2.19. The molecule has 2 atom stereocenters. The number of hydrogen-bond acceptors (Lipinski definition) is 4. The first-order valence-electron chi connectivity index (χ1n) is 8.33.